The molecular formula is C33H58N2O5. The lowest BCUT2D eigenvalue weighted by Gasteiger charge is -2.18. The Balaban J connectivity index is 4.14. The standard InChI is InChI=1S/C33H58N2O5/c1-3-5-7-8-9-10-11-12-13-14-15-16-21-27-32(37)40-29(23-18-6-4-2)24-19-17-20-26-31(36)35-30(33(38)39)25-22-28-34/h5,7,9-10,12-13,29-30H,3-4,6,8,11,14-28,34H2,1-2H3,(H,35,36)(H,38,39)/b7-5-,10-9-,13-12-. The van der Waals surface area contributed by atoms with Crippen molar-refractivity contribution in [3.63, 3.8) is 0 Å². The number of carboxylic acid groups (broad SMARTS) is 1. The molecule has 0 fully saturated rings. The second kappa shape index (κ2) is 28.1. The van der Waals surface area contributed by atoms with Gasteiger partial charge in [0.15, 0.2) is 0 Å². The number of aliphatic carboxylic acids is 1. The maximum Gasteiger partial charge on any atom is 0.326 e. The summed E-state index contributed by atoms with van der Waals surface area (Å²) in [6.45, 7) is 4.70. The molecule has 7 heteroatoms. The lowest BCUT2D eigenvalue weighted by molar-refractivity contribution is -0.150. The first kappa shape index (κ1) is 37.6. The Morgan fingerprint density at radius 2 is 1.38 bits per heavy atom. The number of ether oxygens (including phenoxy) is 1. The fourth-order valence-electron chi connectivity index (χ4n) is 4.34. The van der Waals surface area contributed by atoms with Crippen LogP contribution in [0, 0.1) is 0 Å². The molecule has 0 radical (unpaired) electrons. The van der Waals surface area contributed by atoms with Gasteiger partial charge in [-0.15, -0.1) is 0 Å². The van der Waals surface area contributed by atoms with Crippen molar-refractivity contribution in [3.05, 3.63) is 36.5 Å². The average Bonchev–Trinajstić information content (AvgIpc) is 2.93. The first-order chi connectivity index (χ1) is 19.4. The quantitative estimate of drug-likeness (QED) is 0.0540. The van der Waals surface area contributed by atoms with E-state index < -0.39 is 12.0 Å². The van der Waals surface area contributed by atoms with E-state index in [0.717, 1.165) is 89.9 Å². The number of carbonyl (C=O) groups excluding carboxylic acids is 2. The van der Waals surface area contributed by atoms with Crippen LogP contribution in [0.3, 0.4) is 0 Å². The predicted molar refractivity (Wildman–Crippen MR) is 165 cm³/mol. The van der Waals surface area contributed by atoms with Crippen molar-refractivity contribution in [1.29, 1.82) is 0 Å². The Hall–Kier alpha value is -2.41. The van der Waals surface area contributed by atoms with Gasteiger partial charge in [0.25, 0.3) is 0 Å². The molecular weight excluding hydrogens is 504 g/mol. The summed E-state index contributed by atoms with van der Waals surface area (Å²) in [4.78, 5) is 35.8. The lowest BCUT2D eigenvalue weighted by Crippen LogP contribution is -2.40. The Bertz CT molecular complexity index is 732. The number of rotatable bonds is 27. The number of nitrogens with two attached hydrogens (primary N) is 1. The topological polar surface area (TPSA) is 119 Å². The van der Waals surface area contributed by atoms with Crippen LogP contribution in [0.25, 0.3) is 0 Å². The lowest BCUT2D eigenvalue weighted by atomic mass is 10.0. The molecule has 0 rings (SSSR count). The van der Waals surface area contributed by atoms with Gasteiger partial charge in [-0.2, -0.15) is 0 Å². The zero-order chi connectivity index (χ0) is 29.7. The van der Waals surface area contributed by atoms with Gasteiger partial charge in [0.2, 0.25) is 5.91 Å². The Morgan fingerprint density at radius 3 is 2.02 bits per heavy atom. The van der Waals surface area contributed by atoms with Gasteiger partial charge in [-0.3, -0.25) is 9.59 Å². The third kappa shape index (κ3) is 24.6. The second-order valence-electron chi connectivity index (χ2n) is 10.5. The Kier molecular flexibility index (Phi) is 26.4. The molecule has 2 atom stereocenters. The molecule has 0 aliphatic heterocycles. The number of nitrogens with one attached hydrogen (secondary N) is 1. The zero-order valence-corrected chi connectivity index (χ0v) is 25.4. The summed E-state index contributed by atoms with van der Waals surface area (Å²) < 4.78 is 5.83. The third-order valence-electron chi connectivity index (χ3n) is 6.72. The molecule has 0 aromatic carbocycles. The van der Waals surface area contributed by atoms with E-state index in [-0.39, 0.29) is 18.0 Å². The number of esters is 1. The minimum Gasteiger partial charge on any atom is -0.480 e. The highest BCUT2D eigenvalue weighted by Crippen LogP contribution is 2.17. The van der Waals surface area contributed by atoms with Gasteiger partial charge in [0.05, 0.1) is 0 Å². The molecule has 0 spiro atoms. The molecule has 0 saturated carbocycles. The van der Waals surface area contributed by atoms with Gasteiger partial charge in [-0.1, -0.05) is 76.0 Å². The predicted octanol–water partition coefficient (Wildman–Crippen LogP) is 7.55. The van der Waals surface area contributed by atoms with Crippen molar-refractivity contribution in [3.8, 4) is 0 Å². The van der Waals surface area contributed by atoms with Gasteiger partial charge in [0, 0.05) is 12.8 Å². The first-order valence-electron chi connectivity index (χ1n) is 15.8. The van der Waals surface area contributed by atoms with Crippen LogP contribution in [-0.4, -0.2) is 41.6 Å². The van der Waals surface area contributed by atoms with Crippen molar-refractivity contribution in [2.75, 3.05) is 6.54 Å². The number of unbranched alkanes of at least 4 members (excludes halogenated alkanes) is 7. The zero-order valence-electron chi connectivity index (χ0n) is 25.4. The van der Waals surface area contributed by atoms with E-state index >= 15 is 0 Å². The van der Waals surface area contributed by atoms with E-state index in [2.05, 4.69) is 55.6 Å². The number of hydrogen-bond donors (Lipinski definition) is 3. The summed E-state index contributed by atoms with van der Waals surface area (Å²) in [6, 6.07) is -0.875. The van der Waals surface area contributed by atoms with E-state index in [0.29, 0.717) is 38.6 Å². The van der Waals surface area contributed by atoms with Crippen molar-refractivity contribution < 1.29 is 24.2 Å². The maximum atomic E-state index is 12.4. The molecule has 2 unspecified atom stereocenters. The average molecular weight is 563 g/mol. The summed E-state index contributed by atoms with van der Waals surface area (Å²) in [6.07, 6.45) is 29.3. The summed E-state index contributed by atoms with van der Waals surface area (Å²) in [5, 5.41) is 11.8. The van der Waals surface area contributed by atoms with E-state index in [4.69, 9.17) is 10.5 Å². The van der Waals surface area contributed by atoms with Gasteiger partial charge in [-0.05, 0) is 90.0 Å². The normalized spacial score (nSPS) is 13.3. The highest BCUT2D eigenvalue weighted by atomic mass is 16.5. The van der Waals surface area contributed by atoms with E-state index in [1.807, 2.05) is 0 Å². The van der Waals surface area contributed by atoms with Crippen molar-refractivity contribution in [2.24, 2.45) is 5.73 Å². The van der Waals surface area contributed by atoms with Crippen molar-refractivity contribution >= 4 is 17.8 Å². The molecule has 7 nitrogen and oxygen atoms in total. The van der Waals surface area contributed by atoms with Gasteiger partial charge in [-0.25, -0.2) is 4.79 Å². The molecule has 0 aliphatic carbocycles. The second-order valence-corrected chi connectivity index (χ2v) is 10.5. The molecule has 4 N–H and O–H groups in total. The molecule has 40 heavy (non-hydrogen) atoms. The molecule has 0 heterocycles. The number of carboxylic acids is 1. The van der Waals surface area contributed by atoms with Gasteiger partial charge < -0.3 is 20.9 Å². The molecule has 1 amide bonds. The minimum atomic E-state index is -1.02. The summed E-state index contributed by atoms with van der Waals surface area (Å²) in [7, 11) is 0. The molecule has 0 aromatic heterocycles. The van der Waals surface area contributed by atoms with Crippen molar-refractivity contribution in [2.45, 2.75) is 148 Å². The van der Waals surface area contributed by atoms with Crippen LogP contribution >= 0.6 is 0 Å². The van der Waals surface area contributed by atoms with Crippen LogP contribution in [0.2, 0.25) is 0 Å². The highest BCUT2D eigenvalue weighted by Gasteiger charge is 2.19. The van der Waals surface area contributed by atoms with Gasteiger partial charge >= 0.3 is 11.9 Å². The highest BCUT2D eigenvalue weighted by molar-refractivity contribution is 5.83. The van der Waals surface area contributed by atoms with Crippen molar-refractivity contribution in [1.82, 2.24) is 5.32 Å². The molecule has 0 aromatic rings. The Morgan fingerprint density at radius 1 is 0.750 bits per heavy atom. The molecule has 230 valence electrons. The maximum absolute atomic E-state index is 12.4. The van der Waals surface area contributed by atoms with Crippen LogP contribution in [-0.2, 0) is 19.1 Å². The molecule has 0 bridgehead atoms. The van der Waals surface area contributed by atoms with Gasteiger partial charge in [0.1, 0.15) is 12.1 Å². The van der Waals surface area contributed by atoms with E-state index in [9.17, 15) is 19.5 Å². The SMILES string of the molecule is CC/C=C\C/C=C\C/C=C\CCCCCC(=O)OC(CCCCC)CCCCCC(=O)NC(CCCN)C(=O)O. The number of allylic oxidation sites excluding steroid dienone is 6. The largest absolute Gasteiger partial charge is 0.480 e. The van der Waals surface area contributed by atoms with Crippen LogP contribution in [0.1, 0.15) is 136 Å². The third-order valence-corrected chi connectivity index (χ3v) is 6.72. The smallest absolute Gasteiger partial charge is 0.326 e. The first-order valence-corrected chi connectivity index (χ1v) is 15.8. The summed E-state index contributed by atoms with van der Waals surface area (Å²) >= 11 is 0. The number of hydrogen-bond acceptors (Lipinski definition) is 5. The van der Waals surface area contributed by atoms with Crippen LogP contribution < -0.4 is 11.1 Å². The summed E-state index contributed by atoms with van der Waals surface area (Å²) in [5.41, 5.74) is 5.44. The minimum absolute atomic E-state index is 0.0611. The summed E-state index contributed by atoms with van der Waals surface area (Å²) in [5.74, 6) is -1.36. The Labute approximate surface area is 244 Å². The fourth-order valence-corrected chi connectivity index (χ4v) is 4.34. The molecule has 0 saturated heterocycles. The monoisotopic (exact) mass is 562 g/mol. The molecule has 0 aliphatic rings. The fraction of sp³-hybridized carbons (Fsp3) is 0.727. The van der Waals surface area contributed by atoms with Crippen LogP contribution in [0.4, 0.5) is 0 Å². The van der Waals surface area contributed by atoms with E-state index in [1.165, 1.54) is 0 Å². The van der Waals surface area contributed by atoms with E-state index in [1.54, 1.807) is 0 Å². The van der Waals surface area contributed by atoms with Crippen LogP contribution in [0.15, 0.2) is 36.5 Å². The number of amides is 1. The van der Waals surface area contributed by atoms with Crippen LogP contribution in [0.5, 0.6) is 0 Å². The number of carbonyl (C=O) groups is 3.